The molecular weight excluding hydrogens is 446 g/mol. The van der Waals surface area contributed by atoms with Gasteiger partial charge in [-0.2, -0.15) is 0 Å². The van der Waals surface area contributed by atoms with E-state index in [9.17, 15) is 4.39 Å². The summed E-state index contributed by atoms with van der Waals surface area (Å²) in [5.74, 6) is 1.32. The molecule has 1 aromatic heterocycles. The molecule has 0 saturated heterocycles. The van der Waals surface area contributed by atoms with Crippen molar-refractivity contribution in [2.45, 2.75) is 33.4 Å². The molecule has 0 spiro atoms. The minimum absolute atomic E-state index is 0. The van der Waals surface area contributed by atoms with E-state index in [1.54, 1.807) is 24.5 Å². The molecule has 1 aromatic carbocycles. The maximum Gasteiger partial charge on any atom is 0.191 e. The van der Waals surface area contributed by atoms with Crippen LogP contribution in [0.2, 0.25) is 0 Å². The zero-order chi connectivity index (χ0) is 18.1. The van der Waals surface area contributed by atoms with Crippen LogP contribution in [0.25, 0.3) is 0 Å². The van der Waals surface area contributed by atoms with Crippen LogP contribution in [-0.2, 0) is 19.5 Å². The summed E-state index contributed by atoms with van der Waals surface area (Å²) in [4.78, 5) is 4.46. The van der Waals surface area contributed by atoms with Gasteiger partial charge in [0, 0.05) is 31.6 Å². The first-order valence-electron chi connectivity index (χ1n) is 8.36. The summed E-state index contributed by atoms with van der Waals surface area (Å²) in [7, 11) is 0. The molecule has 2 rings (SSSR count). The van der Waals surface area contributed by atoms with Gasteiger partial charge in [0.25, 0.3) is 0 Å². The highest BCUT2D eigenvalue weighted by molar-refractivity contribution is 14.0. The molecule has 6 nitrogen and oxygen atoms in total. The molecule has 2 aromatic rings. The summed E-state index contributed by atoms with van der Waals surface area (Å²) in [6.45, 7) is 10.1. The van der Waals surface area contributed by atoms with Gasteiger partial charge in [-0.05, 0) is 13.0 Å². The number of nitrogens with one attached hydrogen (secondary N) is 2. The lowest BCUT2D eigenvalue weighted by Gasteiger charge is -2.13. The van der Waals surface area contributed by atoms with Crippen molar-refractivity contribution < 1.29 is 4.39 Å². The highest BCUT2D eigenvalue weighted by Crippen LogP contribution is 2.07. The Hall–Kier alpha value is -1.97. The normalized spacial score (nSPS) is 11.0. The number of aryl methyl sites for hydroxylation is 1. The lowest BCUT2D eigenvalue weighted by atomic mass is 10.2. The third-order valence-electron chi connectivity index (χ3n) is 3.58. The molecule has 142 valence electrons. The fourth-order valence-electron chi connectivity index (χ4n) is 2.23. The maximum atomic E-state index is 13.7. The van der Waals surface area contributed by atoms with Gasteiger partial charge in [-0.3, -0.25) is 0 Å². The Morgan fingerprint density at radius 1 is 1.31 bits per heavy atom. The summed E-state index contributed by atoms with van der Waals surface area (Å²) in [6.07, 6.45) is 2.56. The number of aromatic nitrogens is 3. The highest BCUT2D eigenvalue weighted by atomic mass is 127. The summed E-state index contributed by atoms with van der Waals surface area (Å²) >= 11 is 0. The van der Waals surface area contributed by atoms with Gasteiger partial charge < -0.3 is 15.2 Å². The number of rotatable bonds is 8. The Balaban J connectivity index is 0.00000338. The van der Waals surface area contributed by atoms with Crippen LogP contribution < -0.4 is 10.6 Å². The molecule has 0 amide bonds. The Morgan fingerprint density at radius 3 is 2.77 bits per heavy atom. The topological polar surface area (TPSA) is 67.1 Å². The van der Waals surface area contributed by atoms with Crippen LogP contribution in [0.3, 0.4) is 0 Å². The number of guanidine groups is 1. The van der Waals surface area contributed by atoms with Gasteiger partial charge in [0.2, 0.25) is 0 Å². The molecule has 0 atom stereocenters. The highest BCUT2D eigenvalue weighted by Gasteiger charge is 2.04. The van der Waals surface area contributed by atoms with Crippen molar-refractivity contribution in [3.05, 3.63) is 59.9 Å². The molecular formula is C18H26FIN6. The van der Waals surface area contributed by atoms with Crippen LogP contribution in [0, 0.1) is 5.82 Å². The minimum atomic E-state index is -0.248. The van der Waals surface area contributed by atoms with Crippen LogP contribution in [0.1, 0.15) is 25.2 Å². The number of benzene rings is 1. The van der Waals surface area contributed by atoms with Gasteiger partial charge in [0.1, 0.15) is 18.0 Å². The van der Waals surface area contributed by atoms with Gasteiger partial charge in [-0.25, -0.2) is 9.38 Å². The minimum Gasteiger partial charge on any atom is -0.355 e. The lowest BCUT2D eigenvalue weighted by Crippen LogP contribution is -2.39. The Kier molecular flexibility index (Phi) is 9.85. The zero-order valence-corrected chi connectivity index (χ0v) is 17.5. The first-order chi connectivity index (χ1) is 12.1. The predicted octanol–water partition coefficient (Wildman–Crippen LogP) is 2.91. The van der Waals surface area contributed by atoms with Crippen molar-refractivity contribution in [2.24, 2.45) is 4.99 Å². The van der Waals surface area contributed by atoms with Crippen LogP contribution in [-0.4, -0.2) is 33.8 Å². The van der Waals surface area contributed by atoms with Crippen molar-refractivity contribution in [1.29, 1.82) is 0 Å². The van der Waals surface area contributed by atoms with Gasteiger partial charge in [-0.15, -0.1) is 34.2 Å². The summed E-state index contributed by atoms with van der Waals surface area (Å²) in [5, 5.41) is 14.4. The van der Waals surface area contributed by atoms with E-state index in [0.29, 0.717) is 24.6 Å². The number of nitrogens with zero attached hydrogens (tertiary/aromatic N) is 4. The molecule has 0 aliphatic carbocycles. The van der Waals surface area contributed by atoms with Crippen LogP contribution in [0.5, 0.6) is 0 Å². The third kappa shape index (κ3) is 7.11. The average Bonchev–Trinajstić information content (AvgIpc) is 3.05. The summed E-state index contributed by atoms with van der Waals surface area (Å²) in [6, 6.07) is 6.66. The second-order valence-corrected chi connectivity index (χ2v) is 5.79. The molecule has 0 saturated carbocycles. The Labute approximate surface area is 171 Å². The second-order valence-electron chi connectivity index (χ2n) is 5.79. The third-order valence-corrected chi connectivity index (χ3v) is 3.58. The number of hydrogen-bond donors (Lipinski definition) is 2. The molecule has 0 bridgehead atoms. The summed E-state index contributed by atoms with van der Waals surface area (Å²) in [5.41, 5.74) is 1.55. The fraction of sp³-hybridized carbons (Fsp3) is 0.389. The predicted molar refractivity (Wildman–Crippen MR) is 113 cm³/mol. The van der Waals surface area contributed by atoms with Crippen molar-refractivity contribution >= 4 is 29.9 Å². The Morgan fingerprint density at radius 2 is 2.08 bits per heavy atom. The molecule has 0 unspecified atom stereocenters. The average molecular weight is 472 g/mol. The first-order valence-corrected chi connectivity index (χ1v) is 8.36. The van der Waals surface area contributed by atoms with Crippen LogP contribution in [0.4, 0.5) is 4.39 Å². The van der Waals surface area contributed by atoms with E-state index in [4.69, 9.17) is 0 Å². The molecule has 0 fully saturated rings. The van der Waals surface area contributed by atoms with E-state index >= 15 is 0 Å². The number of halogens is 2. The molecule has 2 N–H and O–H groups in total. The Bertz CT molecular complexity index is 728. The molecule has 8 heteroatoms. The molecule has 0 radical (unpaired) electrons. The number of aliphatic imine (C=N–C) groups is 1. The van der Waals surface area contributed by atoms with Crippen molar-refractivity contribution in [3.8, 4) is 0 Å². The smallest absolute Gasteiger partial charge is 0.191 e. The molecule has 0 aliphatic rings. The van der Waals surface area contributed by atoms with E-state index in [2.05, 4.69) is 32.4 Å². The SMILES string of the molecule is C=C(C)CNC(=NCc1ccccc1F)NCCn1cnnc1CC.I. The maximum absolute atomic E-state index is 13.7. The van der Waals surface area contributed by atoms with Gasteiger partial charge in [0.05, 0.1) is 6.54 Å². The van der Waals surface area contributed by atoms with Crippen LogP contribution in [0.15, 0.2) is 47.7 Å². The fourth-order valence-corrected chi connectivity index (χ4v) is 2.23. The van der Waals surface area contributed by atoms with Crippen molar-refractivity contribution in [1.82, 2.24) is 25.4 Å². The quantitative estimate of drug-likeness (QED) is 0.269. The van der Waals surface area contributed by atoms with E-state index in [0.717, 1.165) is 24.4 Å². The standard InChI is InChI=1S/C18H25FN6.HI/c1-4-17-24-23-13-25(17)10-9-20-18(21-11-14(2)3)22-12-15-7-5-6-8-16(15)19;/h5-8,13H,2,4,9-12H2,1,3H3,(H2,20,21,22);1H. The molecule has 0 aliphatic heterocycles. The molecule has 1 heterocycles. The van der Waals surface area contributed by atoms with Crippen molar-refractivity contribution in [2.75, 3.05) is 13.1 Å². The largest absolute Gasteiger partial charge is 0.355 e. The van der Waals surface area contributed by atoms with Gasteiger partial charge in [0.15, 0.2) is 5.96 Å². The zero-order valence-electron chi connectivity index (χ0n) is 15.2. The summed E-state index contributed by atoms with van der Waals surface area (Å²) < 4.78 is 15.7. The van der Waals surface area contributed by atoms with Crippen LogP contribution >= 0.6 is 24.0 Å². The second kappa shape index (κ2) is 11.6. The number of hydrogen-bond acceptors (Lipinski definition) is 3. The van der Waals surface area contributed by atoms with E-state index < -0.39 is 0 Å². The van der Waals surface area contributed by atoms with E-state index in [1.165, 1.54) is 6.07 Å². The first kappa shape index (κ1) is 22.1. The lowest BCUT2D eigenvalue weighted by molar-refractivity contribution is 0.609. The van der Waals surface area contributed by atoms with Gasteiger partial charge in [-0.1, -0.05) is 37.3 Å². The van der Waals surface area contributed by atoms with E-state index in [1.807, 2.05) is 18.4 Å². The molecule has 26 heavy (non-hydrogen) atoms. The van der Waals surface area contributed by atoms with Crippen molar-refractivity contribution in [3.63, 3.8) is 0 Å². The van der Waals surface area contributed by atoms with E-state index in [-0.39, 0.29) is 36.3 Å². The monoisotopic (exact) mass is 472 g/mol. The van der Waals surface area contributed by atoms with Gasteiger partial charge >= 0.3 is 0 Å².